The molecule has 0 saturated carbocycles. The molecular formula is C14H14O4. The Balaban J connectivity index is 2.64. The first-order valence-corrected chi connectivity index (χ1v) is 5.40. The number of benzene rings is 2. The van der Waals surface area contributed by atoms with Crippen molar-refractivity contribution in [3.05, 3.63) is 36.4 Å². The highest BCUT2D eigenvalue weighted by molar-refractivity contribution is 5.78. The standard InChI is InChI=1S/C14H14O4/c1-17-9-6-7-12(15)11(8-9)10-4-3-5-13(16)14(10)18-2/h3-8,15-16H,1-2H3. The number of rotatable bonds is 3. The van der Waals surface area contributed by atoms with Crippen LogP contribution >= 0.6 is 0 Å². The maximum atomic E-state index is 9.90. The number of aromatic hydroxyl groups is 2. The smallest absolute Gasteiger partial charge is 0.168 e. The lowest BCUT2D eigenvalue weighted by Gasteiger charge is -2.12. The van der Waals surface area contributed by atoms with Crippen molar-refractivity contribution in [2.75, 3.05) is 14.2 Å². The summed E-state index contributed by atoms with van der Waals surface area (Å²) < 4.78 is 10.3. The molecule has 0 aromatic heterocycles. The second-order valence-corrected chi connectivity index (χ2v) is 3.74. The summed E-state index contributed by atoms with van der Waals surface area (Å²) in [6.45, 7) is 0. The summed E-state index contributed by atoms with van der Waals surface area (Å²) in [5, 5.41) is 19.6. The van der Waals surface area contributed by atoms with Crippen LogP contribution < -0.4 is 9.47 Å². The number of hydrogen-bond acceptors (Lipinski definition) is 4. The molecule has 0 fully saturated rings. The molecule has 0 radical (unpaired) electrons. The first kappa shape index (κ1) is 12.1. The Morgan fingerprint density at radius 2 is 1.61 bits per heavy atom. The molecule has 94 valence electrons. The Hall–Kier alpha value is -2.36. The van der Waals surface area contributed by atoms with E-state index in [4.69, 9.17) is 9.47 Å². The molecule has 0 atom stereocenters. The van der Waals surface area contributed by atoms with E-state index in [-0.39, 0.29) is 11.5 Å². The maximum Gasteiger partial charge on any atom is 0.168 e. The zero-order valence-electron chi connectivity index (χ0n) is 10.2. The third-order valence-corrected chi connectivity index (χ3v) is 2.69. The van der Waals surface area contributed by atoms with E-state index in [1.54, 1.807) is 31.4 Å². The van der Waals surface area contributed by atoms with E-state index >= 15 is 0 Å². The molecule has 2 aromatic carbocycles. The Labute approximate surface area is 105 Å². The average Bonchev–Trinajstić information content (AvgIpc) is 2.39. The molecule has 4 heteroatoms. The minimum absolute atomic E-state index is 0.0252. The van der Waals surface area contributed by atoms with E-state index in [2.05, 4.69) is 0 Å². The summed E-state index contributed by atoms with van der Waals surface area (Å²) in [6.07, 6.45) is 0. The second-order valence-electron chi connectivity index (χ2n) is 3.74. The molecule has 0 aliphatic heterocycles. The van der Waals surface area contributed by atoms with Crippen molar-refractivity contribution in [2.24, 2.45) is 0 Å². The van der Waals surface area contributed by atoms with Gasteiger partial charge in [-0.05, 0) is 24.3 Å². The minimum atomic E-state index is 0.0252. The quantitative estimate of drug-likeness (QED) is 0.874. The first-order chi connectivity index (χ1) is 8.67. The van der Waals surface area contributed by atoms with Gasteiger partial charge < -0.3 is 19.7 Å². The number of phenols is 2. The van der Waals surface area contributed by atoms with Gasteiger partial charge in [-0.1, -0.05) is 12.1 Å². The van der Waals surface area contributed by atoms with E-state index in [0.717, 1.165) is 0 Å². The molecule has 0 saturated heterocycles. The monoisotopic (exact) mass is 246 g/mol. The van der Waals surface area contributed by atoms with Crippen LogP contribution in [0.4, 0.5) is 0 Å². The molecule has 2 rings (SSSR count). The van der Waals surface area contributed by atoms with Crippen LogP contribution in [0.5, 0.6) is 23.0 Å². The lowest BCUT2D eigenvalue weighted by Crippen LogP contribution is -1.90. The third kappa shape index (κ3) is 2.05. The summed E-state index contributed by atoms with van der Waals surface area (Å²) in [4.78, 5) is 0. The number of para-hydroxylation sites is 1. The molecule has 2 aromatic rings. The molecule has 0 bridgehead atoms. The Morgan fingerprint density at radius 1 is 0.833 bits per heavy atom. The predicted octanol–water partition coefficient (Wildman–Crippen LogP) is 2.78. The van der Waals surface area contributed by atoms with Gasteiger partial charge in [0.15, 0.2) is 11.5 Å². The molecule has 0 spiro atoms. The highest BCUT2D eigenvalue weighted by atomic mass is 16.5. The molecule has 0 aliphatic carbocycles. The number of methoxy groups -OCH3 is 2. The zero-order valence-corrected chi connectivity index (χ0v) is 10.2. The van der Waals surface area contributed by atoms with Crippen LogP contribution in [-0.2, 0) is 0 Å². The highest BCUT2D eigenvalue weighted by Gasteiger charge is 2.14. The van der Waals surface area contributed by atoms with Gasteiger partial charge in [0.1, 0.15) is 11.5 Å². The van der Waals surface area contributed by atoms with Crippen molar-refractivity contribution < 1.29 is 19.7 Å². The topological polar surface area (TPSA) is 58.9 Å². The molecule has 0 unspecified atom stereocenters. The Bertz CT molecular complexity index is 564. The Kier molecular flexibility index (Phi) is 3.28. The molecule has 4 nitrogen and oxygen atoms in total. The molecule has 18 heavy (non-hydrogen) atoms. The van der Waals surface area contributed by atoms with E-state index in [1.807, 2.05) is 0 Å². The lowest BCUT2D eigenvalue weighted by molar-refractivity contribution is 0.374. The lowest BCUT2D eigenvalue weighted by atomic mass is 10.0. The van der Waals surface area contributed by atoms with Crippen molar-refractivity contribution in [1.82, 2.24) is 0 Å². The SMILES string of the molecule is COc1ccc(O)c(-c2cccc(O)c2OC)c1. The van der Waals surface area contributed by atoms with Gasteiger partial charge in [0.25, 0.3) is 0 Å². The zero-order chi connectivity index (χ0) is 13.1. The minimum Gasteiger partial charge on any atom is -0.507 e. The van der Waals surface area contributed by atoms with Crippen LogP contribution in [-0.4, -0.2) is 24.4 Å². The molecule has 0 heterocycles. The summed E-state index contributed by atoms with van der Waals surface area (Å²) in [5.74, 6) is 1.06. The van der Waals surface area contributed by atoms with Crippen molar-refractivity contribution in [2.45, 2.75) is 0 Å². The van der Waals surface area contributed by atoms with Crippen LogP contribution in [0.2, 0.25) is 0 Å². The van der Waals surface area contributed by atoms with Gasteiger partial charge in [0.2, 0.25) is 0 Å². The Morgan fingerprint density at radius 3 is 2.28 bits per heavy atom. The van der Waals surface area contributed by atoms with Gasteiger partial charge >= 0.3 is 0 Å². The molecule has 0 aliphatic rings. The predicted molar refractivity (Wildman–Crippen MR) is 68.3 cm³/mol. The fraction of sp³-hybridized carbons (Fsp3) is 0.143. The second kappa shape index (κ2) is 4.87. The van der Waals surface area contributed by atoms with E-state index < -0.39 is 0 Å². The fourth-order valence-electron chi connectivity index (χ4n) is 1.81. The number of ether oxygens (including phenoxy) is 2. The van der Waals surface area contributed by atoms with E-state index in [9.17, 15) is 10.2 Å². The van der Waals surface area contributed by atoms with Gasteiger partial charge in [-0.15, -0.1) is 0 Å². The van der Waals surface area contributed by atoms with Crippen LogP contribution in [0, 0.1) is 0 Å². The van der Waals surface area contributed by atoms with Crippen LogP contribution in [0.25, 0.3) is 11.1 Å². The largest absolute Gasteiger partial charge is 0.507 e. The average molecular weight is 246 g/mol. The summed E-state index contributed by atoms with van der Waals surface area (Å²) in [7, 11) is 3.02. The molecule has 2 N–H and O–H groups in total. The molecule has 0 amide bonds. The van der Waals surface area contributed by atoms with Gasteiger partial charge in [0, 0.05) is 11.1 Å². The maximum absolute atomic E-state index is 9.90. The highest BCUT2D eigenvalue weighted by Crippen LogP contribution is 2.41. The van der Waals surface area contributed by atoms with Gasteiger partial charge in [0.05, 0.1) is 14.2 Å². The fourth-order valence-corrected chi connectivity index (χ4v) is 1.81. The van der Waals surface area contributed by atoms with Crippen molar-refractivity contribution in [3.8, 4) is 34.1 Å². The van der Waals surface area contributed by atoms with Gasteiger partial charge in [-0.25, -0.2) is 0 Å². The summed E-state index contributed by atoms with van der Waals surface area (Å²) in [5.41, 5.74) is 1.15. The normalized spacial score (nSPS) is 10.1. The van der Waals surface area contributed by atoms with Crippen LogP contribution in [0.15, 0.2) is 36.4 Å². The van der Waals surface area contributed by atoms with Crippen LogP contribution in [0.1, 0.15) is 0 Å². The van der Waals surface area contributed by atoms with E-state index in [0.29, 0.717) is 22.6 Å². The van der Waals surface area contributed by atoms with Crippen molar-refractivity contribution in [3.63, 3.8) is 0 Å². The van der Waals surface area contributed by atoms with Gasteiger partial charge in [-0.3, -0.25) is 0 Å². The third-order valence-electron chi connectivity index (χ3n) is 2.69. The number of phenolic OH excluding ortho intramolecular Hbond substituents is 2. The summed E-state index contributed by atoms with van der Waals surface area (Å²) in [6, 6.07) is 9.86. The number of hydrogen-bond donors (Lipinski definition) is 2. The van der Waals surface area contributed by atoms with Gasteiger partial charge in [-0.2, -0.15) is 0 Å². The molecular weight excluding hydrogens is 232 g/mol. The van der Waals surface area contributed by atoms with Crippen molar-refractivity contribution in [1.29, 1.82) is 0 Å². The van der Waals surface area contributed by atoms with Crippen molar-refractivity contribution >= 4 is 0 Å². The van der Waals surface area contributed by atoms with Crippen LogP contribution in [0.3, 0.4) is 0 Å². The first-order valence-electron chi connectivity index (χ1n) is 5.40. The van der Waals surface area contributed by atoms with E-state index in [1.165, 1.54) is 19.2 Å². The summed E-state index contributed by atoms with van der Waals surface area (Å²) >= 11 is 0.